The van der Waals surface area contributed by atoms with Crippen LogP contribution in [0, 0.1) is 5.82 Å². The molecule has 1 rings (SSSR count). The average molecular weight is 171 g/mol. The van der Waals surface area contributed by atoms with E-state index in [-0.39, 0.29) is 12.4 Å². The van der Waals surface area contributed by atoms with Crippen LogP contribution < -0.4 is 10.5 Å². The van der Waals surface area contributed by atoms with Crippen molar-refractivity contribution in [3.8, 4) is 11.5 Å². The maximum atomic E-state index is 12.6. The summed E-state index contributed by atoms with van der Waals surface area (Å²) in [5, 5.41) is 9.08. The van der Waals surface area contributed by atoms with Gasteiger partial charge >= 0.3 is 0 Å². The van der Waals surface area contributed by atoms with Crippen molar-refractivity contribution in [1.82, 2.24) is 0 Å². The summed E-state index contributed by atoms with van der Waals surface area (Å²) < 4.78 is 17.6. The second-order valence-electron chi connectivity index (χ2n) is 2.22. The lowest BCUT2D eigenvalue weighted by Crippen LogP contribution is -2.10. The van der Waals surface area contributed by atoms with Gasteiger partial charge in [0, 0.05) is 6.54 Å². The Balaban J connectivity index is 2.78. The highest BCUT2D eigenvalue weighted by molar-refractivity contribution is 5.39. The number of rotatable bonds is 3. The quantitative estimate of drug-likeness (QED) is 0.709. The Hall–Kier alpha value is -1.29. The fourth-order valence-corrected chi connectivity index (χ4v) is 0.781. The molecule has 0 atom stereocenters. The molecular weight excluding hydrogens is 161 g/mol. The molecule has 0 amide bonds. The molecule has 0 heterocycles. The Morgan fingerprint density at radius 3 is 2.92 bits per heavy atom. The molecule has 0 unspecified atom stereocenters. The van der Waals surface area contributed by atoms with Gasteiger partial charge in [0.15, 0.2) is 17.3 Å². The Labute approximate surface area is 69.6 Å². The summed E-state index contributed by atoms with van der Waals surface area (Å²) in [5.74, 6) is -1.03. The van der Waals surface area contributed by atoms with E-state index < -0.39 is 11.6 Å². The maximum Gasteiger partial charge on any atom is 0.194 e. The lowest BCUT2D eigenvalue weighted by atomic mass is 10.3. The van der Waals surface area contributed by atoms with Crippen molar-refractivity contribution in [3.05, 3.63) is 24.0 Å². The standard InChI is InChI=1S/C8H10FNO2/c9-6-2-1-3-7(8(6)11)12-5-4-10/h1-3,11H,4-5,10H2. The molecule has 0 radical (unpaired) electrons. The molecule has 0 bridgehead atoms. The third-order valence-corrected chi connectivity index (χ3v) is 1.33. The van der Waals surface area contributed by atoms with E-state index in [1.807, 2.05) is 0 Å². The monoisotopic (exact) mass is 171 g/mol. The number of phenolic OH excluding ortho intramolecular Hbond substituents is 1. The highest BCUT2D eigenvalue weighted by Gasteiger charge is 2.05. The van der Waals surface area contributed by atoms with Gasteiger partial charge in [-0.1, -0.05) is 6.07 Å². The summed E-state index contributed by atoms with van der Waals surface area (Å²) in [6.45, 7) is 0.590. The number of aromatic hydroxyl groups is 1. The van der Waals surface area contributed by atoms with Gasteiger partial charge in [0.25, 0.3) is 0 Å². The minimum absolute atomic E-state index is 0.125. The van der Waals surface area contributed by atoms with Crippen LogP contribution >= 0.6 is 0 Å². The zero-order chi connectivity index (χ0) is 8.97. The molecule has 0 saturated carbocycles. The Morgan fingerprint density at radius 2 is 2.25 bits per heavy atom. The first-order chi connectivity index (χ1) is 5.75. The van der Waals surface area contributed by atoms with Crippen molar-refractivity contribution < 1.29 is 14.2 Å². The molecule has 0 spiro atoms. The summed E-state index contributed by atoms with van der Waals surface area (Å²) in [4.78, 5) is 0. The molecule has 0 aliphatic rings. The molecule has 0 aliphatic carbocycles. The van der Waals surface area contributed by atoms with E-state index in [0.29, 0.717) is 6.54 Å². The van der Waals surface area contributed by atoms with Crippen molar-refractivity contribution in [3.63, 3.8) is 0 Å². The molecule has 12 heavy (non-hydrogen) atoms. The minimum Gasteiger partial charge on any atom is -0.502 e. The molecule has 0 fully saturated rings. The second-order valence-corrected chi connectivity index (χ2v) is 2.22. The normalized spacial score (nSPS) is 9.83. The predicted molar refractivity (Wildman–Crippen MR) is 42.6 cm³/mol. The highest BCUT2D eigenvalue weighted by Crippen LogP contribution is 2.27. The van der Waals surface area contributed by atoms with E-state index in [4.69, 9.17) is 15.6 Å². The molecule has 66 valence electrons. The lowest BCUT2D eigenvalue weighted by molar-refractivity contribution is 0.301. The number of hydrogen-bond donors (Lipinski definition) is 2. The number of para-hydroxylation sites is 1. The van der Waals surface area contributed by atoms with Crippen LogP contribution in [0.4, 0.5) is 4.39 Å². The predicted octanol–water partition coefficient (Wildman–Crippen LogP) is 0.869. The van der Waals surface area contributed by atoms with E-state index in [2.05, 4.69) is 0 Å². The van der Waals surface area contributed by atoms with Gasteiger partial charge < -0.3 is 15.6 Å². The first kappa shape index (κ1) is 8.80. The molecule has 4 heteroatoms. The average Bonchev–Trinajstić information content (AvgIpc) is 2.08. The van der Waals surface area contributed by atoms with E-state index in [9.17, 15) is 4.39 Å². The number of phenols is 1. The van der Waals surface area contributed by atoms with Gasteiger partial charge in [-0.2, -0.15) is 0 Å². The first-order valence-corrected chi connectivity index (χ1v) is 3.56. The van der Waals surface area contributed by atoms with E-state index in [1.54, 1.807) is 0 Å². The van der Waals surface area contributed by atoms with Crippen molar-refractivity contribution in [2.45, 2.75) is 0 Å². The van der Waals surface area contributed by atoms with Crippen LogP contribution in [0.3, 0.4) is 0 Å². The minimum atomic E-state index is -0.690. The Kier molecular flexibility index (Phi) is 2.88. The third-order valence-electron chi connectivity index (χ3n) is 1.33. The fourth-order valence-electron chi connectivity index (χ4n) is 0.781. The van der Waals surface area contributed by atoms with Crippen molar-refractivity contribution in [2.75, 3.05) is 13.2 Å². The molecular formula is C8H10FNO2. The van der Waals surface area contributed by atoms with Crippen LogP contribution in [0.5, 0.6) is 11.5 Å². The van der Waals surface area contributed by atoms with Crippen LogP contribution in [0.15, 0.2) is 18.2 Å². The topological polar surface area (TPSA) is 55.5 Å². The fraction of sp³-hybridized carbons (Fsp3) is 0.250. The van der Waals surface area contributed by atoms with Gasteiger partial charge in [0.2, 0.25) is 0 Å². The molecule has 3 nitrogen and oxygen atoms in total. The zero-order valence-electron chi connectivity index (χ0n) is 6.46. The summed E-state index contributed by atoms with van der Waals surface area (Å²) in [6, 6.07) is 4.10. The molecule has 0 saturated heterocycles. The zero-order valence-corrected chi connectivity index (χ0v) is 6.46. The second kappa shape index (κ2) is 3.92. The number of benzene rings is 1. The Bertz CT molecular complexity index is 265. The summed E-state index contributed by atoms with van der Waals surface area (Å²) in [7, 11) is 0. The van der Waals surface area contributed by atoms with Gasteiger partial charge in [-0.25, -0.2) is 4.39 Å². The van der Waals surface area contributed by atoms with Crippen molar-refractivity contribution >= 4 is 0 Å². The highest BCUT2D eigenvalue weighted by atomic mass is 19.1. The molecule has 3 N–H and O–H groups in total. The number of hydrogen-bond acceptors (Lipinski definition) is 3. The van der Waals surface area contributed by atoms with Gasteiger partial charge in [0.05, 0.1) is 0 Å². The van der Waals surface area contributed by atoms with E-state index >= 15 is 0 Å². The van der Waals surface area contributed by atoms with Gasteiger partial charge in [-0.05, 0) is 12.1 Å². The van der Waals surface area contributed by atoms with Crippen LogP contribution in [-0.4, -0.2) is 18.3 Å². The van der Waals surface area contributed by atoms with Gasteiger partial charge in [-0.3, -0.25) is 0 Å². The van der Waals surface area contributed by atoms with E-state index in [1.165, 1.54) is 12.1 Å². The smallest absolute Gasteiger partial charge is 0.194 e. The molecule has 1 aromatic rings. The SMILES string of the molecule is NCCOc1cccc(F)c1O. The van der Waals surface area contributed by atoms with Crippen molar-refractivity contribution in [2.24, 2.45) is 5.73 Å². The first-order valence-electron chi connectivity index (χ1n) is 3.56. The van der Waals surface area contributed by atoms with Gasteiger partial charge in [0.1, 0.15) is 6.61 Å². The van der Waals surface area contributed by atoms with E-state index in [0.717, 1.165) is 6.07 Å². The van der Waals surface area contributed by atoms with Crippen molar-refractivity contribution in [1.29, 1.82) is 0 Å². The molecule has 1 aromatic carbocycles. The Morgan fingerprint density at radius 1 is 1.50 bits per heavy atom. The lowest BCUT2D eigenvalue weighted by Gasteiger charge is -2.05. The van der Waals surface area contributed by atoms with Crippen LogP contribution in [-0.2, 0) is 0 Å². The summed E-state index contributed by atoms with van der Waals surface area (Å²) >= 11 is 0. The molecule has 0 aliphatic heterocycles. The summed E-state index contributed by atoms with van der Waals surface area (Å²) in [6.07, 6.45) is 0. The van der Waals surface area contributed by atoms with Crippen LogP contribution in [0.1, 0.15) is 0 Å². The number of halogens is 1. The largest absolute Gasteiger partial charge is 0.502 e. The number of nitrogens with two attached hydrogens (primary N) is 1. The maximum absolute atomic E-state index is 12.6. The van der Waals surface area contributed by atoms with Crippen LogP contribution in [0.25, 0.3) is 0 Å². The third kappa shape index (κ3) is 1.85. The number of ether oxygens (including phenoxy) is 1. The van der Waals surface area contributed by atoms with Crippen LogP contribution in [0.2, 0.25) is 0 Å². The molecule has 0 aromatic heterocycles. The summed E-state index contributed by atoms with van der Waals surface area (Å²) in [5.41, 5.74) is 5.16. The van der Waals surface area contributed by atoms with Gasteiger partial charge in [-0.15, -0.1) is 0 Å².